The average Bonchev–Trinajstić information content (AvgIpc) is 2.77. The van der Waals surface area contributed by atoms with Gasteiger partial charge in [0.2, 0.25) is 0 Å². The van der Waals surface area contributed by atoms with Crippen LogP contribution in [0.1, 0.15) is 29.4 Å². The van der Waals surface area contributed by atoms with Crippen molar-refractivity contribution in [3.05, 3.63) is 45.1 Å². The zero-order chi connectivity index (χ0) is 11.8. The molecule has 0 heterocycles. The number of benzene rings is 1. The Hall–Kier alpha value is -0.241. The molecule has 0 unspecified atom stereocenters. The van der Waals surface area contributed by atoms with Crippen molar-refractivity contribution >= 4 is 18.4 Å². The minimum atomic E-state index is -1.82. The van der Waals surface area contributed by atoms with Crippen LogP contribution in [0.25, 0.3) is 0 Å². The molecule has 1 aromatic carbocycles. The molecule has 0 radical (unpaired) electrons. The van der Waals surface area contributed by atoms with Crippen LogP contribution in [-0.2, 0) is 0 Å². The quantitative estimate of drug-likeness (QED) is 0.673. The van der Waals surface area contributed by atoms with E-state index in [1.165, 1.54) is 6.42 Å². The Morgan fingerprint density at radius 2 is 1.65 bits per heavy atom. The second kappa shape index (κ2) is 3.20. The van der Waals surface area contributed by atoms with Crippen LogP contribution in [0.3, 0.4) is 0 Å². The van der Waals surface area contributed by atoms with Crippen LogP contribution in [0, 0.1) is 11.8 Å². The standard InChI is InChI=1S/C13H11.3CH3.Sn/c1-2-4-11-10(3-1)12-8-5-6-9(7-8)13(11)12;;;;/h1-5,8-9,12-13H,7H2;3*1H3;/t8-,9+,12+,13-;;;;/m1..../s1. The summed E-state index contributed by atoms with van der Waals surface area (Å²) >= 11 is -1.82. The summed E-state index contributed by atoms with van der Waals surface area (Å²) in [6, 6.07) is 9.19. The fraction of sp³-hybridized carbons (Fsp3) is 0.500. The Bertz CT molecular complexity index is 521. The first-order valence-corrected chi connectivity index (χ1v) is 16.9. The molecule has 1 fully saturated rings. The molecular weight excluding hydrogens is 311 g/mol. The van der Waals surface area contributed by atoms with E-state index >= 15 is 0 Å². The maximum absolute atomic E-state index is 2.71. The predicted molar refractivity (Wildman–Crippen MR) is 75.0 cm³/mol. The second-order valence-electron chi connectivity index (χ2n) is 7.06. The fourth-order valence-electron chi connectivity index (χ4n) is 4.61. The molecule has 0 nitrogen and oxygen atoms in total. The summed E-state index contributed by atoms with van der Waals surface area (Å²) in [5.41, 5.74) is 3.36. The number of allylic oxidation sites excluding steroid dienone is 2. The van der Waals surface area contributed by atoms with Crippen LogP contribution in [0.2, 0.25) is 14.8 Å². The van der Waals surface area contributed by atoms with Gasteiger partial charge in [0.15, 0.2) is 0 Å². The van der Waals surface area contributed by atoms with Crippen molar-refractivity contribution < 1.29 is 0 Å². The molecule has 0 spiro atoms. The molecule has 1 aromatic rings. The van der Waals surface area contributed by atoms with E-state index < -0.39 is 18.4 Å². The van der Waals surface area contributed by atoms with Gasteiger partial charge < -0.3 is 0 Å². The van der Waals surface area contributed by atoms with Gasteiger partial charge in [-0.15, -0.1) is 0 Å². The third kappa shape index (κ3) is 1.25. The van der Waals surface area contributed by atoms with Crippen molar-refractivity contribution in [1.29, 1.82) is 0 Å². The van der Waals surface area contributed by atoms with Crippen molar-refractivity contribution in [2.45, 2.75) is 33.1 Å². The van der Waals surface area contributed by atoms with Crippen molar-refractivity contribution in [1.82, 2.24) is 0 Å². The van der Waals surface area contributed by atoms with E-state index in [1.807, 2.05) is 3.59 Å². The molecule has 0 saturated heterocycles. The summed E-state index contributed by atoms with van der Waals surface area (Å²) in [5, 5.41) is 0. The van der Waals surface area contributed by atoms with Gasteiger partial charge in [0, 0.05) is 0 Å². The van der Waals surface area contributed by atoms with E-state index in [0.717, 1.165) is 23.7 Å². The molecule has 0 N–H and O–H groups in total. The van der Waals surface area contributed by atoms with Gasteiger partial charge >= 0.3 is 108 Å². The minimum absolute atomic E-state index is 0.894. The number of fused-ring (bicyclic) bond motifs is 8. The summed E-state index contributed by atoms with van der Waals surface area (Å²) in [5.74, 6) is 3.64. The summed E-state index contributed by atoms with van der Waals surface area (Å²) in [7, 11) is 0. The molecule has 2 bridgehead atoms. The summed E-state index contributed by atoms with van der Waals surface area (Å²) in [4.78, 5) is 7.75. The van der Waals surface area contributed by atoms with E-state index in [4.69, 9.17) is 0 Å². The fourth-order valence-corrected chi connectivity index (χ4v) is 10.7. The van der Waals surface area contributed by atoms with Crippen molar-refractivity contribution in [3.8, 4) is 0 Å². The van der Waals surface area contributed by atoms with Crippen molar-refractivity contribution in [2.24, 2.45) is 11.8 Å². The third-order valence-corrected chi connectivity index (χ3v) is 11.7. The molecule has 17 heavy (non-hydrogen) atoms. The molecule has 0 aliphatic heterocycles. The van der Waals surface area contributed by atoms with Gasteiger partial charge in [0.1, 0.15) is 0 Å². The Labute approximate surface area is 108 Å². The van der Waals surface area contributed by atoms with Gasteiger partial charge in [0.25, 0.3) is 0 Å². The average molecular weight is 331 g/mol. The molecule has 4 atom stereocenters. The summed E-state index contributed by atoms with van der Waals surface area (Å²) < 4.78 is 1.94. The van der Waals surface area contributed by atoms with Gasteiger partial charge in [-0.05, 0) is 0 Å². The number of hydrogen-bond acceptors (Lipinski definition) is 0. The Morgan fingerprint density at radius 1 is 1.00 bits per heavy atom. The van der Waals surface area contributed by atoms with E-state index in [9.17, 15) is 0 Å². The first-order valence-electron chi connectivity index (χ1n) is 6.88. The summed E-state index contributed by atoms with van der Waals surface area (Å²) in [6.45, 7) is 0. The van der Waals surface area contributed by atoms with Gasteiger partial charge in [-0.25, -0.2) is 0 Å². The predicted octanol–water partition coefficient (Wildman–Crippen LogP) is 4.32. The van der Waals surface area contributed by atoms with Gasteiger partial charge in [-0.3, -0.25) is 0 Å². The molecule has 0 aromatic heterocycles. The molecule has 3 aliphatic carbocycles. The van der Waals surface area contributed by atoms with Crippen LogP contribution in [0.15, 0.2) is 33.9 Å². The zero-order valence-electron chi connectivity index (χ0n) is 10.9. The first kappa shape index (κ1) is 10.7. The first-order chi connectivity index (χ1) is 8.07. The van der Waals surface area contributed by atoms with Gasteiger partial charge in [-0.1, -0.05) is 0 Å². The molecule has 0 amide bonds. The van der Waals surface area contributed by atoms with Crippen LogP contribution in [0.4, 0.5) is 0 Å². The SMILES string of the molecule is [CH3][Sn]([CH3])([CH3])[C]1=C[C@@H]2C[C@H]1[C@@H]1c3ccccc3[C@@H]12. The normalized spacial score (nSPS) is 37.2. The Kier molecular flexibility index (Phi) is 2.01. The number of hydrogen-bond donors (Lipinski definition) is 0. The summed E-state index contributed by atoms with van der Waals surface area (Å²) in [6.07, 6.45) is 4.17. The second-order valence-corrected chi connectivity index (χ2v) is 21.5. The van der Waals surface area contributed by atoms with Crippen LogP contribution < -0.4 is 0 Å². The number of rotatable bonds is 1. The van der Waals surface area contributed by atoms with E-state index in [2.05, 4.69) is 45.2 Å². The Morgan fingerprint density at radius 3 is 2.29 bits per heavy atom. The van der Waals surface area contributed by atoms with E-state index in [0.29, 0.717) is 0 Å². The maximum atomic E-state index is 2.71. The van der Waals surface area contributed by atoms with Crippen LogP contribution in [-0.4, -0.2) is 18.4 Å². The van der Waals surface area contributed by atoms with Crippen LogP contribution >= 0.6 is 0 Å². The third-order valence-electron chi connectivity index (χ3n) is 5.18. The van der Waals surface area contributed by atoms with Crippen molar-refractivity contribution in [3.63, 3.8) is 0 Å². The van der Waals surface area contributed by atoms with Gasteiger partial charge in [-0.2, -0.15) is 0 Å². The van der Waals surface area contributed by atoms with E-state index in [1.54, 1.807) is 11.1 Å². The molecule has 4 rings (SSSR count). The Balaban J connectivity index is 1.79. The molecule has 3 aliphatic rings. The van der Waals surface area contributed by atoms with E-state index in [-0.39, 0.29) is 0 Å². The van der Waals surface area contributed by atoms with Crippen LogP contribution in [0.5, 0.6) is 0 Å². The monoisotopic (exact) mass is 332 g/mol. The molecule has 1 saturated carbocycles. The topological polar surface area (TPSA) is 0 Å². The molecule has 88 valence electrons. The molecule has 1 heteroatoms. The van der Waals surface area contributed by atoms with Crippen molar-refractivity contribution in [2.75, 3.05) is 0 Å². The molecular formula is C16H20Sn. The zero-order valence-corrected chi connectivity index (χ0v) is 13.8. The van der Waals surface area contributed by atoms with Gasteiger partial charge in [0.05, 0.1) is 0 Å².